The van der Waals surface area contributed by atoms with E-state index in [-0.39, 0.29) is 13.2 Å². The first kappa shape index (κ1) is 64.8. The molecule has 0 amide bonds. The molecule has 0 aromatic carbocycles. The van der Waals surface area contributed by atoms with Gasteiger partial charge in [-0.2, -0.15) is 0 Å². The van der Waals surface area contributed by atoms with Crippen LogP contribution < -0.4 is 0 Å². The van der Waals surface area contributed by atoms with Gasteiger partial charge < -0.3 is 163 Å². The zero-order chi connectivity index (χ0) is 56.7. The summed E-state index contributed by atoms with van der Waals surface area (Å²) < 4.78 is 78.2. The lowest BCUT2D eigenvalue weighted by Crippen LogP contribution is -2.63. The van der Waals surface area contributed by atoms with Crippen molar-refractivity contribution in [2.75, 3.05) is 59.5 Å². The molecular weight excluding hydrogens is 1060 g/mol. The van der Waals surface area contributed by atoms with Crippen LogP contribution in [-0.2, 0) is 66.3 Å². The zero-order valence-corrected chi connectivity index (χ0v) is 42.1. The molecule has 33 nitrogen and oxygen atoms in total. The van der Waals surface area contributed by atoms with Gasteiger partial charge in [-0.25, -0.2) is 0 Å². The summed E-state index contributed by atoms with van der Waals surface area (Å²) in [6.07, 6.45) is -53.8. The monoisotopic (exact) mass is 1130 g/mol. The van der Waals surface area contributed by atoms with Crippen molar-refractivity contribution < 1.29 is 163 Å². The van der Waals surface area contributed by atoms with Crippen LogP contribution in [0.1, 0.15) is 20.8 Å². The molecule has 0 aromatic rings. The smallest absolute Gasteiger partial charge is 0.187 e. The number of aliphatic hydroxyl groups is 19. The van der Waals surface area contributed by atoms with E-state index in [0.717, 1.165) is 0 Å². The molecule has 0 aromatic heterocycles. The Morgan fingerprint density at radius 2 is 0.636 bits per heavy atom. The normalized spacial score (nSPS) is 48.9. The van der Waals surface area contributed by atoms with Crippen molar-refractivity contribution in [3.63, 3.8) is 0 Å². The van der Waals surface area contributed by atoms with Crippen molar-refractivity contribution in [2.24, 2.45) is 0 Å². The minimum absolute atomic E-state index is 0.0533. The summed E-state index contributed by atoms with van der Waals surface area (Å²) in [5.74, 6) is 0. The number of hydrogen-bond acceptors (Lipinski definition) is 33. The van der Waals surface area contributed by atoms with Crippen LogP contribution in [0.2, 0.25) is 0 Å². The number of ether oxygens (including phenoxy) is 14. The fourth-order valence-electron chi connectivity index (χ4n) is 9.15. The van der Waals surface area contributed by atoms with Gasteiger partial charge in [-0.05, 0) is 20.8 Å². The minimum atomic E-state index is -1.99. The highest BCUT2D eigenvalue weighted by molar-refractivity contribution is 4.96. The van der Waals surface area contributed by atoms with Crippen molar-refractivity contribution in [1.82, 2.24) is 0 Å². The second kappa shape index (κ2) is 29.3. The Balaban J connectivity index is 1.10. The Kier molecular flexibility index (Phi) is 24.7. The highest BCUT2D eigenvalue weighted by atomic mass is 16.8. The zero-order valence-electron chi connectivity index (χ0n) is 42.1. The molecule has 6 aliphatic heterocycles. The van der Waals surface area contributed by atoms with Gasteiger partial charge in [-0.3, -0.25) is 0 Å². The van der Waals surface area contributed by atoms with E-state index in [1.165, 1.54) is 13.8 Å². The van der Waals surface area contributed by atoms with Gasteiger partial charge in [0.15, 0.2) is 37.7 Å². The summed E-state index contributed by atoms with van der Waals surface area (Å²) in [5.41, 5.74) is 0. The highest BCUT2D eigenvalue weighted by Crippen LogP contribution is 2.32. The average Bonchev–Trinajstić information content (AvgIpc) is 3.41. The van der Waals surface area contributed by atoms with Crippen LogP contribution in [0, 0.1) is 0 Å². The standard InChI is InChI=1S/C44H78O33/c1-4-64-5-15(45)6-65-36-14(3)73-42(35(61)31(36)57)69-12-20-25(51)30(56)38(44(77-20)71-10-18-23(49)28(54)33(59)40(63)75-18)67-8-16(46)7-66-37-29(55)24(50)19(11-68-41-34(60)26(52)21(47)13(2)72-41)76-43(37)70-9-17-22(48)27(53)32(58)39(62)74-17/h13-63H,4-12H2,1-3H3. The van der Waals surface area contributed by atoms with Crippen molar-refractivity contribution in [3.05, 3.63) is 0 Å². The van der Waals surface area contributed by atoms with E-state index in [1.807, 2.05) is 0 Å². The lowest BCUT2D eigenvalue weighted by molar-refractivity contribution is -0.347. The Hall–Kier alpha value is -1.32. The molecule has 0 saturated carbocycles. The third kappa shape index (κ3) is 15.9. The first-order chi connectivity index (χ1) is 36.4. The van der Waals surface area contributed by atoms with Crippen molar-refractivity contribution in [1.29, 1.82) is 0 Å². The first-order valence-corrected chi connectivity index (χ1v) is 25.1. The molecule has 6 saturated heterocycles. The molecule has 6 fully saturated rings. The Morgan fingerprint density at radius 3 is 1.06 bits per heavy atom. The van der Waals surface area contributed by atoms with E-state index in [9.17, 15) is 97.0 Å². The molecule has 6 heterocycles. The van der Waals surface area contributed by atoms with Crippen LogP contribution in [0.15, 0.2) is 0 Å². The van der Waals surface area contributed by atoms with E-state index in [4.69, 9.17) is 66.3 Å². The van der Waals surface area contributed by atoms with Crippen molar-refractivity contribution >= 4 is 0 Å². The molecule has 0 aliphatic carbocycles. The molecule has 32 atom stereocenters. The molecule has 19 N–H and O–H groups in total. The maximum Gasteiger partial charge on any atom is 0.187 e. The third-order valence-corrected chi connectivity index (χ3v) is 13.9. The SMILES string of the molecule is CCOCC(O)COC1C(C)OC(OCC2OC(OCC3OC(O)C(O)C(O)C3O)C(OCC(O)COC3C(OCC4OC(O)C(O)C(O)C4O)OC(COC4OC(C)C(O)C(O)C4O)C(O)C3O)C(O)C2O)C(O)C1O. The molecule has 0 bridgehead atoms. The molecule has 0 radical (unpaired) electrons. The average molecular weight is 1140 g/mol. The topological polar surface area (TPSA) is 514 Å². The molecule has 77 heavy (non-hydrogen) atoms. The van der Waals surface area contributed by atoms with Crippen LogP contribution in [0.3, 0.4) is 0 Å². The maximum absolute atomic E-state index is 11.4. The van der Waals surface area contributed by atoms with Crippen LogP contribution in [0.4, 0.5) is 0 Å². The van der Waals surface area contributed by atoms with Gasteiger partial charge >= 0.3 is 0 Å². The number of rotatable bonds is 24. The maximum atomic E-state index is 11.4. The Bertz CT molecular complexity index is 1720. The van der Waals surface area contributed by atoms with Crippen LogP contribution in [0.5, 0.6) is 0 Å². The quantitative estimate of drug-likeness (QED) is 0.0427. The molecule has 6 aliphatic rings. The van der Waals surface area contributed by atoms with Crippen molar-refractivity contribution in [2.45, 2.75) is 217 Å². The predicted molar refractivity (Wildman–Crippen MR) is 239 cm³/mol. The lowest BCUT2D eigenvalue weighted by Gasteiger charge is -2.45. The third-order valence-electron chi connectivity index (χ3n) is 13.9. The first-order valence-electron chi connectivity index (χ1n) is 25.1. The highest BCUT2D eigenvalue weighted by Gasteiger charge is 2.53. The number of hydrogen-bond donors (Lipinski definition) is 19. The summed E-state index contributed by atoms with van der Waals surface area (Å²) in [6.45, 7) is 0.124. The van der Waals surface area contributed by atoms with Gasteiger partial charge in [-0.1, -0.05) is 0 Å². The summed E-state index contributed by atoms with van der Waals surface area (Å²) >= 11 is 0. The van der Waals surface area contributed by atoms with Gasteiger partial charge in [0, 0.05) is 6.61 Å². The van der Waals surface area contributed by atoms with E-state index in [2.05, 4.69) is 0 Å². The Labute approximate surface area is 439 Å². The van der Waals surface area contributed by atoms with Crippen LogP contribution in [-0.4, -0.2) is 353 Å². The van der Waals surface area contributed by atoms with Crippen LogP contribution in [0.25, 0.3) is 0 Å². The largest absolute Gasteiger partial charge is 0.388 e. The van der Waals surface area contributed by atoms with Gasteiger partial charge in [0.1, 0.15) is 146 Å². The minimum Gasteiger partial charge on any atom is -0.388 e. The fraction of sp³-hybridized carbons (Fsp3) is 1.00. The fourth-order valence-corrected chi connectivity index (χ4v) is 9.15. The van der Waals surface area contributed by atoms with Gasteiger partial charge in [-0.15, -0.1) is 0 Å². The number of aliphatic hydroxyl groups excluding tert-OH is 19. The molecule has 0 spiro atoms. The van der Waals surface area contributed by atoms with Gasteiger partial charge in [0.05, 0.1) is 65.1 Å². The van der Waals surface area contributed by atoms with Gasteiger partial charge in [0.25, 0.3) is 0 Å². The van der Waals surface area contributed by atoms with Gasteiger partial charge in [0.2, 0.25) is 0 Å². The molecule has 452 valence electrons. The second-order valence-electron chi connectivity index (χ2n) is 19.7. The molecule has 6 rings (SSSR count). The summed E-state index contributed by atoms with van der Waals surface area (Å²) in [5, 5.41) is 201. The molecule has 33 heteroatoms. The van der Waals surface area contributed by atoms with E-state index >= 15 is 0 Å². The molecular formula is C44H78O33. The van der Waals surface area contributed by atoms with E-state index in [0.29, 0.717) is 6.61 Å². The van der Waals surface area contributed by atoms with Crippen molar-refractivity contribution in [3.8, 4) is 0 Å². The van der Waals surface area contributed by atoms with E-state index in [1.54, 1.807) is 6.92 Å². The Morgan fingerprint density at radius 1 is 0.312 bits per heavy atom. The lowest BCUT2D eigenvalue weighted by atomic mass is 9.98. The second-order valence-corrected chi connectivity index (χ2v) is 19.7. The summed E-state index contributed by atoms with van der Waals surface area (Å²) in [6, 6.07) is 0. The summed E-state index contributed by atoms with van der Waals surface area (Å²) in [7, 11) is 0. The van der Waals surface area contributed by atoms with E-state index < -0.39 is 236 Å². The van der Waals surface area contributed by atoms with Crippen LogP contribution >= 0.6 is 0 Å². The molecule has 32 unspecified atom stereocenters. The predicted octanol–water partition coefficient (Wildman–Crippen LogP) is -12.2. The summed E-state index contributed by atoms with van der Waals surface area (Å²) in [4.78, 5) is 0.